The molecular formula is C15H22N4. The Morgan fingerprint density at radius 1 is 1.47 bits per heavy atom. The Balaban J connectivity index is 1.67. The average Bonchev–Trinajstić information content (AvgIpc) is 2.46. The lowest BCUT2D eigenvalue weighted by atomic mass is 10.0. The van der Waals surface area contributed by atoms with Gasteiger partial charge >= 0.3 is 0 Å². The number of nitrogens with one attached hydrogen (secondary N) is 1. The number of rotatable bonds is 5. The fourth-order valence-electron chi connectivity index (χ4n) is 2.55. The van der Waals surface area contributed by atoms with Gasteiger partial charge in [-0.2, -0.15) is 5.26 Å². The lowest BCUT2D eigenvalue weighted by Gasteiger charge is -2.33. The van der Waals surface area contributed by atoms with Crippen LogP contribution in [0.15, 0.2) is 18.3 Å². The highest BCUT2D eigenvalue weighted by Crippen LogP contribution is 2.16. The third-order valence-electron chi connectivity index (χ3n) is 3.76. The largest absolute Gasteiger partial charge is 0.370 e. The fourth-order valence-corrected chi connectivity index (χ4v) is 2.55. The summed E-state index contributed by atoms with van der Waals surface area (Å²) in [6.07, 6.45) is 6.80. The van der Waals surface area contributed by atoms with Crippen molar-refractivity contribution < 1.29 is 0 Å². The van der Waals surface area contributed by atoms with Crippen molar-refractivity contribution in [1.29, 1.82) is 5.26 Å². The molecule has 0 radical (unpaired) electrons. The van der Waals surface area contributed by atoms with Crippen molar-refractivity contribution in [2.75, 3.05) is 25.0 Å². The van der Waals surface area contributed by atoms with Crippen LogP contribution in [-0.4, -0.2) is 35.6 Å². The molecule has 4 heteroatoms. The van der Waals surface area contributed by atoms with Crippen molar-refractivity contribution in [3.8, 4) is 6.07 Å². The molecule has 2 rings (SSSR count). The lowest BCUT2D eigenvalue weighted by molar-refractivity contribution is 0.160. The van der Waals surface area contributed by atoms with Crippen molar-refractivity contribution in [2.24, 2.45) is 0 Å². The van der Waals surface area contributed by atoms with Crippen LogP contribution < -0.4 is 5.32 Å². The quantitative estimate of drug-likeness (QED) is 0.825. The van der Waals surface area contributed by atoms with Gasteiger partial charge in [-0.15, -0.1) is 0 Å². The number of anilines is 1. The maximum Gasteiger partial charge on any atom is 0.125 e. The lowest BCUT2D eigenvalue weighted by Crippen LogP contribution is -2.38. The minimum absolute atomic E-state index is 0.604. The molecule has 1 aliphatic rings. The standard InChI is InChI=1S/C15H22N4/c1-13-5-2-3-9-19(13)10-4-8-17-15-7-6-14(11-16)12-18-15/h6-7,12-13H,2-5,8-10H2,1H3,(H,17,18). The number of hydrogen-bond acceptors (Lipinski definition) is 4. The zero-order chi connectivity index (χ0) is 13.5. The Hall–Kier alpha value is -1.60. The molecule has 0 aliphatic carbocycles. The summed E-state index contributed by atoms with van der Waals surface area (Å²) in [4.78, 5) is 6.78. The highest BCUT2D eigenvalue weighted by molar-refractivity contribution is 5.38. The first-order chi connectivity index (χ1) is 9.29. The molecular weight excluding hydrogens is 236 g/mol. The Morgan fingerprint density at radius 3 is 3.05 bits per heavy atom. The molecule has 0 spiro atoms. The van der Waals surface area contributed by atoms with Crippen molar-refractivity contribution >= 4 is 5.82 Å². The van der Waals surface area contributed by atoms with Crippen molar-refractivity contribution in [2.45, 2.75) is 38.6 Å². The highest BCUT2D eigenvalue weighted by Gasteiger charge is 2.16. The van der Waals surface area contributed by atoms with Crippen molar-refractivity contribution in [3.63, 3.8) is 0 Å². The van der Waals surface area contributed by atoms with Gasteiger partial charge in [0.2, 0.25) is 0 Å². The number of hydrogen-bond donors (Lipinski definition) is 1. The highest BCUT2D eigenvalue weighted by atomic mass is 15.2. The number of aromatic nitrogens is 1. The minimum atomic E-state index is 0.604. The Labute approximate surface area is 115 Å². The van der Waals surface area contributed by atoms with E-state index >= 15 is 0 Å². The van der Waals surface area contributed by atoms with E-state index in [1.807, 2.05) is 6.07 Å². The van der Waals surface area contributed by atoms with Gasteiger partial charge in [0.05, 0.1) is 5.56 Å². The van der Waals surface area contributed by atoms with E-state index in [-0.39, 0.29) is 0 Å². The van der Waals surface area contributed by atoms with Gasteiger partial charge in [0, 0.05) is 25.3 Å². The summed E-state index contributed by atoms with van der Waals surface area (Å²) in [5.41, 5.74) is 0.604. The molecule has 4 nitrogen and oxygen atoms in total. The van der Waals surface area contributed by atoms with Gasteiger partial charge in [0.25, 0.3) is 0 Å². The van der Waals surface area contributed by atoms with Gasteiger partial charge < -0.3 is 10.2 Å². The molecule has 1 fully saturated rings. The Kier molecular flexibility index (Phi) is 5.17. The van der Waals surface area contributed by atoms with E-state index in [4.69, 9.17) is 5.26 Å². The van der Waals surface area contributed by atoms with E-state index in [9.17, 15) is 0 Å². The summed E-state index contributed by atoms with van der Waals surface area (Å²) >= 11 is 0. The van der Waals surface area contributed by atoms with Crippen LogP contribution in [0.2, 0.25) is 0 Å². The van der Waals surface area contributed by atoms with Crippen molar-refractivity contribution in [3.05, 3.63) is 23.9 Å². The second kappa shape index (κ2) is 7.10. The fraction of sp³-hybridized carbons (Fsp3) is 0.600. The van der Waals surface area contributed by atoms with E-state index < -0.39 is 0 Å². The van der Waals surface area contributed by atoms with E-state index in [0.29, 0.717) is 5.56 Å². The molecule has 0 aromatic carbocycles. The smallest absolute Gasteiger partial charge is 0.125 e. The van der Waals surface area contributed by atoms with Crippen LogP contribution in [-0.2, 0) is 0 Å². The molecule has 1 unspecified atom stereocenters. The normalized spacial score (nSPS) is 19.9. The van der Waals surface area contributed by atoms with Crippen molar-refractivity contribution in [1.82, 2.24) is 9.88 Å². The third-order valence-corrected chi connectivity index (χ3v) is 3.76. The topological polar surface area (TPSA) is 52.0 Å². The number of likely N-dealkylation sites (tertiary alicyclic amines) is 1. The molecule has 1 N–H and O–H groups in total. The SMILES string of the molecule is CC1CCCCN1CCCNc1ccc(C#N)cn1. The molecule has 2 heterocycles. The summed E-state index contributed by atoms with van der Waals surface area (Å²) in [5.74, 6) is 0.852. The number of piperidine rings is 1. The van der Waals surface area contributed by atoms with Crippen LogP contribution in [0.25, 0.3) is 0 Å². The first kappa shape index (κ1) is 13.8. The van der Waals surface area contributed by atoms with E-state index in [0.717, 1.165) is 31.4 Å². The summed E-state index contributed by atoms with van der Waals surface area (Å²) in [6, 6.07) is 6.47. The second-order valence-corrected chi connectivity index (χ2v) is 5.21. The first-order valence-electron chi connectivity index (χ1n) is 7.13. The Morgan fingerprint density at radius 2 is 2.37 bits per heavy atom. The summed E-state index contributed by atoms with van der Waals surface area (Å²) in [6.45, 7) is 5.66. The number of pyridine rings is 1. The zero-order valence-corrected chi connectivity index (χ0v) is 11.6. The molecule has 0 amide bonds. The first-order valence-corrected chi connectivity index (χ1v) is 7.13. The minimum Gasteiger partial charge on any atom is -0.370 e. The molecule has 1 saturated heterocycles. The van der Waals surface area contributed by atoms with Crippen LogP contribution in [0.5, 0.6) is 0 Å². The summed E-state index contributed by atoms with van der Waals surface area (Å²) in [5, 5.41) is 12.0. The van der Waals surface area contributed by atoms with E-state index in [2.05, 4.69) is 28.2 Å². The van der Waals surface area contributed by atoms with E-state index in [1.54, 1.807) is 12.3 Å². The zero-order valence-electron chi connectivity index (χ0n) is 11.6. The predicted octanol–water partition coefficient (Wildman–Crippen LogP) is 2.63. The van der Waals surface area contributed by atoms with Gasteiger partial charge in [0.1, 0.15) is 11.9 Å². The maximum absolute atomic E-state index is 8.70. The third kappa shape index (κ3) is 4.22. The maximum atomic E-state index is 8.70. The van der Waals surface area contributed by atoms with Crippen LogP contribution in [0, 0.1) is 11.3 Å². The second-order valence-electron chi connectivity index (χ2n) is 5.21. The molecule has 102 valence electrons. The van der Waals surface area contributed by atoms with Gasteiger partial charge in [-0.1, -0.05) is 6.42 Å². The molecule has 1 aromatic heterocycles. The molecule has 0 saturated carbocycles. The summed E-state index contributed by atoms with van der Waals surface area (Å²) < 4.78 is 0. The summed E-state index contributed by atoms with van der Waals surface area (Å²) in [7, 11) is 0. The van der Waals surface area contributed by atoms with Crippen LogP contribution in [0.3, 0.4) is 0 Å². The molecule has 19 heavy (non-hydrogen) atoms. The molecule has 1 aliphatic heterocycles. The van der Waals surface area contributed by atoms with Gasteiger partial charge in [-0.25, -0.2) is 4.98 Å². The molecule has 1 atom stereocenters. The van der Waals surface area contributed by atoms with Gasteiger partial charge in [-0.05, 0) is 44.9 Å². The number of nitriles is 1. The molecule has 1 aromatic rings. The van der Waals surface area contributed by atoms with Crippen LogP contribution >= 0.6 is 0 Å². The van der Waals surface area contributed by atoms with Gasteiger partial charge in [-0.3, -0.25) is 0 Å². The van der Waals surface area contributed by atoms with Crippen LogP contribution in [0.1, 0.15) is 38.2 Å². The average molecular weight is 258 g/mol. The van der Waals surface area contributed by atoms with E-state index in [1.165, 1.54) is 25.8 Å². The monoisotopic (exact) mass is 258 g/mol. The Bertz CT molecular complexity index is 421. The predicted molar refractivity (Wildman–Crippen MR) is 76.9 cm³/mol. The van der Waals surface area contributed by atoms with Crippen LogP contribution in [0.4, 0.5) is 5.82 Å². The molecule has 0 bridgehead atoms. The number of nitrogens with zero attached hydrogens (tertiary/aromatic N) is 3. The van der Waals surface area contributed by atoms with Gasteiger partial charge in [0.15, 0.2) is 0 Å².